The lowest BCUT2D eigenvalue weighted by Crippen LogP contribution is -2.17. The lowest BCUT2D eigenvalue weighted by molar-refractivity contribution is -0.274. The molecule has 0 saturated heterocycles. The molecule has 27 heavy (non-hydrogen) atoms. The Bertz CT molecular complexity index is 939. The number of nitriles is 1. The van der Waals surface area contributed by atoms with Gasteiger partial charge in [-0.3, -0.25) is 0 Å². The number of halogens is 3. The van der Waals surface area contributed by atoms with Crippen LogP contribution in [0.4, 0.5) is 13.2 Å². The fourth-order valence-electron chi connectivity index (χ4n) is 2.80. The van der Waals surface area contributed by atoms with E-state index >= 15 is 0 Å². The fraction of sp³-hybridized carbons (Fsp3) is 0.136. The van der Waals surface area contributed by atoms with Crippen molar-refractivity contribution in [3.8, 4) is 22.9 Å². The van der Waals surface area contributed by atoms with Gasteiger partial charge in [0.05, 0.1) is 11.6 Å². The minimum atomic E-state index is -4.73. The Morgan fingerprint density at radius 2 is 1.33 bits per heavy atom. The molecule has 0 saturated carbocycles. The predicted molar refractivity (Wildman–Crippen MR) is 97.1 cm³/mol. The zero-order valence-electron chi connectivity index (χ0n) is 14.3. The summed E-state index contributed by atoms with van der Waals surface area (Å²) < 4.78 is 41.8. The van der Waals surface area contributed by atoms with Crippen LogP contribution in [0.1, 0.15) is 16.7 Å². The van der Waals surface area contributed by atoms with E-state index in [4.69, 9.17) is 5.26 Å². The fourth-order valence-corrected chi connectivity index (χ4v) is 2.80. The van der Waals surface area contributed by atoms with Gasteiger partial charge in [-0.1, -0.05) is 54.6 Å². The number of benzene rings is 3. The highest BCUT2D eigenvalue weighted by atomic mass is 19.4. The van der Waals surface area contributed by atoms with Gasteiger partial charge in [-0.15, -0.1) is 13.2 Å². The minimum Gasteiger partial charge on any atom is -0.405 e. The van der Waals surface area contributed by atoms with Gasteiger partial charge in [0.2, 0.25) is 0 Å². The molecule has 0 heterocycles. The molecule has 0 fully saturated rings. The zero-order valence-corrected chi connectivity index (χ0v) is 14.3. The number of hydrogen-bond acceptors (Lipinski definition) is 2. The highest BCUT2D eigenvalue weighted by molar-refractivity contribution is 5.70. The third-order valence-corrected chi connectivity index (χ3v) is 4.16. The largest absolute Gasteiger partial charge is 0.573 e. The van der Waals surface area contributed by atoms with Crippen LogP contribution in [0.15, 0.2) is 72.8 Å². The van der Waals surface area contributed by atoms with Crippen molar-refractivity contribution in [1.29, 1.82) is 5.26 Å². The molecule has 0 radical (unpaired) electrons. The average Bonchev–Trinajstić information content (AvgIpc) is 2.66. The first kappa shape index (κ1) is 18.5. The topological polar surface area (TPSA) is 33.0 Å². The summed E-state index contributed by atoms with van der Waals surface area (Å²) in [5.41, 5.74) is 3.90. The third kappa shape index (κ3) is 5.11. The first-order valence-electron chi connectivity index (χ1n) is 8.38. The number of alkyl halides is 3. The standard InChI is InChI=1S/C22H16F3NO/c23-22(24,25)27-21-4-2-1-3-20(21)19-13-11-17(12-14-19)6-5-16-7-9-18(15-26)10-8-16/h1-4,7-14H,5-6H2. The molecule has 0 unspecified atom stereocenters. The van der Waals surface area contributed by atoms with Crippen molar-refractivity contribution in [2.45, 2.75) is 19.2 Å². The van der Waals surface area contributed by atoms with Crippen LogP contribution in [-0.4, -0.2) is 6.36 Å². The van der Waals surface area contributed by atoms with Gasteiger partial charge < -0.3 is 4.74 Å². The Morgan fingerprint density at radius 1 is 0.778 bits per heavy atom. The minimum absolute atomic E-state index is 0.213. The molecular weight excluding hydrogens is 351 g/mol. The Hall–Kier alpha value is -3.26. The molecule has 0 aliphatic heterocycles. The predicted octanol–water partition coefficient (Wildman–Crippen LogP) is 5.91. The lowest BCUT2D eigenvalue weighted by Gasteiger charge is -2.13. The highest BCUT2D eigenvalue weighted by Gasteiger charge is 2.32. The van der Waals surface area contributed by atoms with E-state index in [2.05, 4.69) is 10.8 Å². The van der Waals surface area contributed by atoms with Crippen molar-refractivity contribution >= 4 is 0 Å². The van der Waals surface area contributed by atoms with Gasteiger partial charge in [0.25, 0.3) is 0 Å². The summed E-state index contributed by atoms with van der Waals surface area (Å²) in [6.45, 7) is 0. The summed E-state index contributed by atoms with van der Waals surface area (Å²) in [5.74, 6) is -0.213. The van der Waals surface area contributed by atoms with Crippen LogP contribution in [0, 0.1) is 11.3 Å². The molecule has 0 bridgehead atoms. The van der Waals surface area contributed by atoms with Crippen molar-refractivity contribution in [1.82, 2.24) is 0 Å². The monoisotopic (exact) mass is 367 g/mol. The normalized spacial score (nSPS) is 11.0. The second kappa shape index (κ2) is 7.96. The van der Waals surface area contributed by atoms with E-state index in [1.807, 2.05) is 24.3 Å². The van der Waals surface area contributed by atoms with Crippen LogP contribution in [0.2, 0.25) is 0 Å². The van der Waals surface area contributed by atoms with Gasteiger partial charge in [-0.2, -0.15) is 5.26 Å². The van der Waals surface area contributed by atoms with Crippen LogP contribution in [0.5, 0.6) is 5.75 Å². The van der Waals surface area contributed by atoms with E-state index in [9.17, 15) is 13.2 Å². The van der Waals surface area contributed by atoms with Gasteiger partial charge in [0, 0.05) is 5.56 Å². The molecule has 0 aromatic heterocycles. The van der Waals surface area contributed by atoms with E-state index in [0.29, 0.717) is 16.7 Å². The third-order valence-electron chi connectivity index (χ3n) is 4.16. The Balaban J connectivity index is 1.71. The van der Waals surface area contributed by atoms with Crippen LogP contribution in [0.25, 0.3) is 11.1 Å². The molecule has 0 aliphatic carbocycles. The van der Waals surface area contributed by atoms with Gasteiger partial charge in [-0.05, 0) is 47.7 Å². The number of nitrogens with zero attached hydrogens (tertiary/aromatic N) is 1. The van der Waals surface area contributed by atoms with Crippen LogP contribution in [0.3, 0.4) is 0 Å². The summed E-state index contributed by atoms with van der Waals surface area (Å²) >= 11 is 0. The molecule has 3 aromatic carbocycles. The Morgan fingerprint density at radius 3 is 1.89 bits per heavy atom. The van der Waals surface area contributed by atoms with Crippen molar-refractivity contribution in [2.75, 3.05) is 0 Å². The van der Waals surface area contributed by atoms with Crippen molar-refractivity contribution in [2.24, 2.45) is 0 Å². The second-order valence-corrected chi connectivity index (χ2v) is 6.05. The molecule has 5 heteroatoms. The number of rotatable bonds is 5. The van der Waals surface area contributed by atoms with Crippen LogP contribution in [-0.2, 0) is 12.8 Å². The number of para-hydroxylation sites is 1. The van der Waals surface area contributed by atoms with E-state index in [-0.39, 0.29) is 5.75 Å². The maximum absolute atomic E-state index is 12.6. The number of aryl methyl sites for hydroxylation is 2. The van der Waals surface area contributed by atoms with E-state index in [1.165, 1.54) is 12.1 Å². The first-order chi connectivity index (χ1) is 12.9. The van der Waals surface area contributed by atoms with Crippen LogP contribution < -0.4 is 4.74 Å². The summed E-state index contributed by atoms with van der Waals surface area (Å²) in [4.78, 5) is 0. The van der Waals surface area contributed by atoms with Gasteiger partial charge >= 0.3 is 6.36 Å². The maximum Gasteiger partial charge on any atom is 0.573 e. The SMILES string of the molecule is N#Cc1ccc(CCc2ccc(-c3ccccc3OC(F)(F)F)cc2)cc1. The summed E-state index contributed by atoms with van der Waals surface area (Å²) in [6, 6.07) is 23.0. The molecule has 3 rings (SSSR count). The van der Waals surface area contributed by atoms with E-state index in [1.54, 1.807) is 36.4 Å². The lowest BCUT2D eigenvalue weighted by atomic mass is 9.99. The molecule has 136 valence electrons. The van der Waals surface area contributed by atoms with Gasteiger partial charge in [0.1, 0.15) is 5.75 Å². The Kier molecular flexibility index (Phi) is 5.46. The molecule has 0 N–H and O–H groups in total. The molecule has 2 nitrogen and oxygen atoms in total. The molecule has 0 atom stereocenters. The van der Waals surface area contributed by atoms with Gasteiger partial charge in [0.15, 0.2) is 0 Å². The quantitative estimate of drug-likeness (QED) is 0.562. The molecular formula is C22H16F3NO. The molecule has 0 spiro atoms. The summed E-state index contributed by atoms with van der Waals surface area (Å²) in [6.07, 6.45) is -3.11. The van der Waals surface area contributed by atoms with Crippen LogP contribution >= 0.6 is 0 Å². The van der Waals surface area contributed by atoms with Gasteiger partial charge in [-0.25, -0.2) is 0 Å². The smallest absolute Gasteiger partial charge is 0.405 e. The maximum atomic E-state index is 12.6. The van der Waals surface area contributed by atoms with E-state index < -0.39 is 6.36 Å². The van der Waals surface area contributed by atoms with Crippen molar-refractivity contribution < 1.29 is 17.9 Å². The summed E-state index contributed by atoms with van der Waals surface area (Å²) in [7, 11) is 0. The highest BCUT2D eigenvalue weighted by Crippen LogP contribution is 2.33. The molecule has 0 amide bonds. The van der Waals surface area contributed by atoms with Crippen molar-refractivity contribution in [3.63, 3.8) is 0 Å². The average molecular weight is 367 g/mol. The summed E-state index contributed by atoms with van der Waals surface area (Å²) in [5, 5.41) is 8.82. The van der Waals surface area contributed by atoms with E-state index in [0.717, 1.165) is 24.0 Å². The molecule has 3 aromatic rings. The first-order valence-corrected chi connectivity index (χ1v) is 8.38. The zero-order chi connectivity index (χ0) is 19.3. The number of hydrogen-bond donors (Lipinski definition) is 0. The number of ether oxygens (including phenoxy) is 1. The molecule has 0 aliphatic rings. The Labute approximate surface area is 155 Å². The second-order valence-electron chi connectivity index (χ2n) is 6.05. The van der Waals surface area contributed by atoms with Crippen molar-refractivity contribution in [3.05, 3.63) is 89.5 Å².